The molecule has 0 amide bonds. The first-order valence-corrected chi connectivity index (χ1v) is 10.7. The number of hydrogen-bond donors (Lipinski definition) is 0. The van der Waals surface area contributed by atoms with Crippen molar-refractivity contribution in [1.82, 2.24) is 0 Å². The number of fused-ring (bicyclic) bond motifs is 1. The highest BCUT2D eigenvalue weighted by atomic mass is 16.5. The second-order valence-corrected chi connectivity index (χ2v) is 7.98. The fourth-order valence-electron chi connectivity index (χ4n) is 4.60. The Bertz CT molecular complexity index is 1350. The average Bonchev–Trinajstić information content (AvgIpc) is 2.86. The average molecular weight is 415 g/mol. The van der Waals surface area contributed by atoms with E-state index in [1.54, 1.807) is 0 Å². The molecular formula is C29H21NO2. The Kier molecular flexibility index (Phi) is 5.27. The molecule has 2 atom stereocenters. The van der Waals surface area contributed by atoms with Crippen LogP contribution in [-0.4, -0.2) is 5.97 Å². The van der Waals surface area contributed by atoms with Gasteiger partial charge in [0.1, 0.15) is 0 Å². The predicted molar refractivity (Wildman–Crippen MR) is 125 cm³/mol. The van der Waals surface area contributed by atoms with E-state index in [-0.39, 0.29) is 5.97 Å². The zero-order chi connectivity index (χ0) is 21.9. The van der Waals surface area contributed by atoms with Crippen molar-refractivity contribution in [2.75, 3.05) is 0 Å². The summed E-state index contributed by atoms with van der Waals surface area (Å²) in [6.45, 7) is 0. The number of nitriles is 1. The van der Waals surface area contributed by atoms with Crippen molar-refractivity contribution in [3.63, 3.8) is 0 Å². The number of allylic oxidation sites excluding steroid dienone is 1. The number of nitrogens with zero attached hydrogens (tertiary/aromatic N) is 1. The van der Waals surface area contributed by atoms with E-state index in [9.17, 15) is 10.1 Å². The van der Waals surface area contributed by atoms with Gasteiger partial charge in [-0.2, -0.15) is 5.26 Å². The minimum absolute atomic E-state index is 0.301. The molecule has 3 heteroatoms. The fourth-order valence-corrected chi connectivity index (χ4v) is 4.60. The first-order valence-electron chi connectivity index (χ1n) is 10.7. The summed E-state index contributed by atoms with van der Waals surface area (Å²) in [7, 11) is 0. The fraction of sp³-hybridized carbons (Fsp3) is 0.103. The summed E-state index contributed by atoms with van der Waals surface area (Å²) >= 11 is 0. The number of cyclic esters (lactones) is 1. The number of carbonyl (C=O) groups is 1. The zero-order valence-corrected chi connectivity index (χ0v) is 17.4. The van der Waals surface area contributed by atoms with Crippen molar-refractivity contribution in [2.24, 2.45) is 5.92 Å². The topological polar surface area (TPSA) is 50.1 Å². The van der Waals surface area contributed by atoms with Crippen LogP contribution in [0.15, 0.2) is 109 Å². The van der Waals surface area contributed by atoms with Crippen LogP contribution in [0.2, 0.25) is 0 Å². The molecule has 3 nitrogen and oxygen atoms in total. The lowest BCUT2D eigenvalue weighted by atomic mass is 9.74. The van der Waals surface area contributed by atoms with E-state index in [2.05, 4.69) is 24.3 Å². The summed E-state index contributed by atoms with van der Waals surface area (Å²) < 4.78 is 5.84. The molecule has 4 aromatic rings. The highest BCUT2D eigenvalue weighted by molar-refractivity contribution is 5.92. The Morgan fingerprint density at radius 2 is 1.44 bits per heavy atom. The quantitative estimate of drug-likeness (QED) is 0.369. The Hall–Kier alpha value is -4.16. The number of rotatable bonds is 4. The maximum atomic E-state index is 13.4. The lowest BCUT2D eigenvalue weighted by Crippen LogP contribution is -2.32. The highest BCUT2D eigenvalue weighted by Gasteiger charge is 2.41. The second kappa shape index (κ2) is 8.53. The molecule has 0 spiro atoms. The summed E-state index contributed by atoms with van der Waals surface area (Å²) in [6.07, 6.45) is 0.501. The van der Waals surface area contributed by atoms with E-state index in [1.165, 1.54) is 0 Å². The van der Waals surface area contributed by atoms with E-state index >= 15 is 0 Å². The molecule has 0 aliphatic carbocycles. The van der Waals surface area contributed by atoms with Gasteiger partial charge < -0.3 is 4.74 Å². The van der Waals surface area contributed by atoms with Crippen LogP contribution in [0.1, 0.15) is 22.6 Å². The van der Waals surface area contributed by atoms with Crippen LogP contribution in [0.5, 0.6) is 0 Å². The van der Waals surface area contributed by atoms with E-state index in [0.717, 1.165) is 27.5 Å². The summed E-state index contributed by atoms with van der Waals surface area (Å²) in [5.41, 5.74) is 3.25. The smallest absolute Gasteiger partial charge is 0.315 e. The summed E-state index contributed by atoms with van der Waals surface area (Å²) in [5.74, 6) is -0.835. The predicted octanol–water partition coefficient (Wildman–Crippen LogP) is 6.27. The Morgan fingerprint density at radius 1 is 0.781 bits per heavy atom. The van der Waals surface area contributed by atoms with E-state index in [0.29, 0.717) is 17.8 Å². The van der Waals surface area contributed by atoms with Gasteiger partial charge >= 0.3 is 5.97 Å². The summed E-state index contributed by atoms with van der Waals surface area (Å²) in [5, 5.41) is 12.4. The number of ether oxygens (including phenoxy) is 1. The van der Waals surface area contributed by atoms with Gasteiger partial charge in [-0.1, -0.05) is 103 Å². The molecule has 0 radical (unpaired) electrons. The van der Waals surface area contributed by atoms with Crippen LogP contribution < -0.4 is 0 Å². The van der Waals surface area contributed by atoms with Crippen molar-refractivity contribution in [3.8, 4) is 6.07 Å². The molecule has 4 aromatic carbocycles. The van der Waals surface area contributed by atoms with Crippen molar-refractivity contribution in [2.45, 2.75) is 12.3 Å². The van der Waals surface area contributed by atoms with Gasteiger partial charge in [-0.25, -0.2) is 0 Å². The van der Waals surface area contributed by atoms with Crippen LogP contribution in [-0.2, 0) is 16.0 Å². The molecular weight excluding hydrogens is 394 g/mol. The minimum atomic E-state index is -0.495. The lowest BCUT2D eigenvalue weighted by molar-refractivity contribution is -0.143. The molecule has 154 valence electrons. The van der Waals surface area contributed by atoms with Gasteiger partial charge in [0.05, 0.1) is 17.6 Å². The molecule has 0 saturated carbocycles. The maximum Gasteiger partial charge on any atom is 0.315 e. The zero-order valence-electron chi connectivity index (χ0n) is 17.4. The number of carbonyl (C=O) groups excluding carboxylic acids is 1. The Morgan fingerprint density at radius 3 is 2.19 bits per heavy atom. The maximum absolute atomic E-state index is 13.4. The number of benzene rings is 4. The first kappa shape index (κ1) is 19.8. The van der Waals surface area contributed by atoms with E-state index in [4.69, 9.17) is 4.74 Å². The number of esters is 1. The molecule has 1 aliphatic heterocycles. The Labute approximate surface area is 187 Å². The van der Waals surface area contributed by atoms with Gasteiger partial charge in [-0.15, -0.1) is 0 Å². The van der Waals surface area contributed by atoms with Crippen LogP contribution in [0, 0.1) is 17.2 Å². The third kappa shape index (κ3) is 3.57. The van der Waals surface area contributed by atoms with Gasteiger partial charge in [0.2, 0.25) is 0 Å². The molecule has 32 heavy (non-hydrogen) atoms. The van der Waals surface area contributed by atoms with Crippen molar-refractivity contribution >= 4 is 22.5 Å². The first-order chi connectivity index (χ1) is 15.8. The molecule has 1 heterocycles. The molecule has 0 N–H and O–H groups in total. The van der Waals surface area contributed by atoms with Crippen LogP contribution in [0.25, 0.3) is 16.5 Å². The summed E-state index contributed by atoms with van der Waals surface area (Å²) in [6, 6.07) is 35.9. The molecule has 0 aromatic heterocycles. The molecule has 0 saturated heterocycles. The lowest BCUT2D eigenvalue weighted by Gasteiger charge is -2.32. The third-order valence-electron chi connectivity index (χ3n) is 6.08. The van der Waals surface area contributed by atoms with Crippen LogP contribution in [0.3, 0.4) is 0 Å². The van der Waals surface area contributed by atoms with Gasteiger partial charge in [-0.3, -0.25) is 4.79 Å². The Balaban J connectivity index is 1.74. The van der Waals surface area contributed by atoms with E-state index in [1.807, 2.05) is 84.9 Å². The van der Waals surface area contributed by atoms with Gasteiger partial charge in [0.15, 0.2) is 5.76 Å². The minimum Gasteiger partial charge on any atom is -0.425 e. The molecule has 5 rings (SSSR count). The molecule has 0 unspecified atom stereocenters. The molecule has 0 fully saturated rings. The number of hydrogen-bond acceptors (Lipinski definition) is 3. The SMILES string of the molecule is N#CC1=C(c2ccccc2)OC(=O)[C@@H](Cc2ccccc2)[C@H]1c1cccc2ccccc12. The third-order valence-corrected chi connectivity index (χ3v) is 6.08. The summed E-state index contributed by atoms with van der Waals surface area (Å²) in [4.78, 5) is 13.4. The largest absolute Gasteiger partial charge is 0.425 e. The molecule has 0 bridgehead atoms. The van der Waals surface area contributed by atoms with Gasteiger partial charge in [-0.05, 0) is 28.3 Å². The van der Waals surface area contributed by atoms with Crippen LogP contribution >= 0.6 is 0 Å². The van der Waals surface area contributed by atoms with Crippen molar-refractivity contribution in [1.29, 1.82) is 5.26 Å². The molecule has 1 aliphatic rings. The monoisotopic (exact) mass is 415 g/mol. The van der Waals surface area contributed by atoms with Gasteiger partial charge in [0, 0.05) is 11.5 Å². The highest BCUT2D eigenvalue weighted by Crippen LogP contribution is 2.45. The van der Waals surface area contributed by atoms with Crippen molar-refractivity contribution < 1.29 is 9.53 Å². The second-order valence-electron chi connectivity index (χ2n) is 7.98. The normalized spacial score (nSPS) is 18.3. The standard InChI is InChI=1S/C29H21NO2/c30-19-26-27(24-17-9-15-21-12-7-8-16-23(21)24)25(18-20-10-3-1-4-11-20)29(31)32-28(26)22-13-5-2-6-14-22/h1-17,25,27H,18H2/t25-,27+/m0/s1. The van der Waals surface area contributed by atoms with Crippen molar-refractivity contribution in [3.05, 3.63) is 125 Å². The van der Waals surface area contributed by atoms with E-state index < -0.39 is 11.8 Å². The van der Waals surface area contributed by atoms with Gasteiger partial charge in [0.25, 0.3) is 0 Å². The van der Waals surface area contributed by atoms with Crippen LogP contribution in [0.4, 0.5) is 0 Å².